The van der Waals surface area contributed by atoms with Gasteiger partial charge in [-0.2, -0.15) is 0 Å². The van der Waals surface area contributed by atoms with E-state index in [1.807, 2.05) is 6.08 Å². The molecule has 0 radical (unpaired) electrons. The Hall–Kier alpha value is -1.45. The van der Waals surface area contributed by atoms with Crippen molar-refractivity contribution < 1.29 is 10.0 Å². The average Bonchev–Trinajstić information content (AvgIpc) is 2.07. The van der Waals surface area contributed by atoms with Crippen molar-refractivity contribution in [2.24, 2.45) is 10.4 Å². The van der Waals surface area contributed by atoms with Gasteiger partial charge in [-0.1, -0.05) is 18.2 Å². The minimum atomic E-state index is -0.969. The van der Waals surface area contributed by atoms with Crippen molar-refractivity contribution in [1.82, 2.24) is 0 Å². The van der Waals surface area contributed by atoms with E-state index in [0.29, 0.717) is 12.7 Å². The zero-order valence-corrected chi connectivity index (χ0v) is 5.84. The summed E-state index contributed by atoms with van der Waals surface area (Å²) in [5.74, 6) is 0. The Morgan fingerprint density at radius 3 is 2.82 bits per heavy atom. The molecule has 1 rings (SSSR count). The SMILES string of the molecule is O=CC1(N=NO)C=CC=CC1. The van der Waals surface area contributed by atoms with Gasteiger partial charge in [0.15, 0.2) is 11.8 Å². The molecule has 4 nitrogen and oxygen atoms in total. The van der Waals surface area contributed by atoms with Crippen LogP contribution in [0.1, 0.15) is 6.42 Å². The van der Waals surface area contributed by atoms with E-state index in [1.54, 1.807) is 18.2 Å². The maximum absolute atomic E-state index is 10.5. The Balaban J connectivity index is 2.84. The Labute approximate surface area is 63.9 Å². The van der Waals surface area contributed by atoms with Crippen LogP contribution in [-0.2, 0) is 4.79 Å². The highest BCUT2D eigenvalue weighted by molar-refractivity contribution is 5.69. The van der Waals surface area contributed by atoms with Crippen molar-refractivity contribution in [2.45, 2.75) is 12.0 Å². The summed E-state index contributed by atoms with van der Waals surface area (Å²) in [6.45, 7) is 0. The summed E-state index contributed by atoms with van der Waals surface area (Å²) >= 11 is 0. The first kappa shape index (κ1) is 7.65. The quantitative estimate of drug-likeness (QED) is 0.368. The fourth-order valence-corrected chi connectivity index (χ4v) is 0.894. The van der Waals surface area contributed by atoms with Gasteiger partial charge in [0.25, 0.3) is 0 Å². The van der Waals surface area contributed by atoms with E-state index in [0.717, 1.165) is 0 Å². The van der Waals surface area contributed by atoms with Crippen LogP contribution in [-0.4, -0.2) is 17.0 Å². The molecule has 0 aromatic carbocycles. The standard InChI is InChI=1S/C7H8N2O2/c10-6-7(8-9-11)4-2-1-3-5-7/h1-4,6H,5H2,(H,8,11). The van der Waals surface area contributed by atoms with Gasteiger partial charge in [0, 0.05) is 11.7 Å². The number of rotatable bonds is 2. The van der Waals surface area contributed by atoms with E-state index in [9.17, 15) is 4.79 Å². The van der Waals surface area contributed by atoms with Crippen molar-refractivity contribution >= 4 is 6.29 Å². The molecule has 1 aliphatic rings. The Kier molecular flexibility index (Phi) is 2.15. The number of aldehydes is 1. The van der Waals surface area contributed by atoms with Crippen molar-refractivity contribution in [3.8, 4) is 0 Å². The van der Waals surface area contributed by atoms with Crippen molar-refractivity contribution in [2.75, 3.05) is 0 Å². The lowest BCUT2D eigenvalue weighted by atomic mass is 9.94. The highest BCUT2D eigenvalue weighted by Gasteiger charge is 2.26. The molecular weight excluding hydrogens is 144 g/mol. The first-order valence-corrected chi connectivity index (χ1v) is 3.20. The van der Waals surface area contributed by atoms with Gasteiger partial charge in [0.1, 0.15) is 0 Å². The summed E-state index contributed by atoms with van der Waals surface area (Å²) in [4.78, 5) is 10.5. The fourth-order valence-electron chi connectivity index (χ4n) is 0.894. The van der Waals surface area contributed by atoms with E-state index < -0.39 is 5.54 Å². The molecule has 0 saturated carbocycles. The number of hydrogen-bond acceptors (Lipinski definition) is 3. The molecule has 0 aromatic heterocycles. The number of carbonyl (C=O) groups excluding carboxylic acids is 1. The third-order valence-corrected chi connectivity index (χ3v) is 1.51. The molecule has 0 amide bonds. The van der Waals surface area contributed by atoms with Gasteiger partial charge in [0.05, 0.1) is 0 Å². The molecule has 0 saturated heterocycles. The van der Waals surface area contributed by atoms with Crippen molar-refractivity contribution in [3.63, 3.8) is 0 Å². The van der Waals surface area contributed by atoms with Gasteiger partial charge in [-0.15, -0.1) is 5.11 Å². The lowest BCUT2D eigenvalue weighted by molar-refractivity contribution is -0.111. The molecule has 0 fully saturated rings. The van der Waals surface area contributed by atoms with Crippen LogP contribution in [0.4, 0.5) is 0 Å². The molecule has 58 valence electrons. The zero-order chi connectivity index (χ0) is 8.16. The van der Waals surface area contributed by atoms with Crippen LogP contribution in [0, 0.1) is 0 Å². The maximum atomic E-state index is 10.5. The minimum absolute atomic E-state index is 0.455. The van der Waals surface area contributed by atoms with Gasteiger partial charge in [-0.25, -0.2) is 0 Å². The summed E-state index contributed by atoms with van der Waals surface area (Å²) in [5.41, 5.74) is -0.969. The van der Waals surface area contributed by atoms with Crippen LogP contribution in [0.2, 0.25) is 0 Å². The van der Waals surface area contributed by atoms with Crippen LogP contribution in [0.25, 0.3) is 0 Å². The maximum Gasteiger partial charge on any atom is 0.162 e. The summed E-state index contributed by atoms with van der Waals surface area (Å²) in [6.07, 6.45) is 8.02. The fraction of sp³-hybridized carbons (Fsp3) is 0.286. The predicted octanol–water partition coefficient (Wildman–Crippen LogP) is 1.28. The number of carbonyl (C=O) groups is 1. The van der Waals surface area contributed by atoms with E-state index >= 15 is 0 Å². The first-order valence-electron chi connectivity index (χ1n) is 3.20. The molecule has 11 heavy (non-hydrogen) atoms. The molecule has 1 unspecified atom stereocenters. The van der Waals surface area contributed by atoms with E-state index in [-0.39, 0.29) is 0 Å². The molecule has 0 spiro atoms. The molecule has 4 heteroatoms. The molecule has 0 bridgehead atoms. The molecule has 0 aliphatic heterocycles. The van der Waals surface area contributed by atoms with Crippen LogP contribution in [0.5, 0.6) is 0 Å². The molecule has 1 N–H and O–H groups in total. The summed E-state index contributed by atoms with van der Waals surface area (Å²) in [5, 5.41) is 14.2. The van der Waals surface area contributed by atoms with Crippen LogP contribution in [0.3, 0.4) is 0 Å². The zero-order valence-electron chi connectivity index (χ0n) is 5.84. The van der Waals surface area contributed by atoms with Gasteiger partial charge >= 0.3 is 0 Å². The molecule has 1 atom stereocenters. The summed E-state index contributed by atoms with van der Waals surface area (Å²) in [6, 6.07) is 0. The number of hydrogen-bond donors (Lipinski definition) is 1. The number of nitrogens with zero attached hydrogens (tertiary/aromatic N) is 2. The smallest absolute Gasteiger partial charge is 0.162 e. The molecule has 1 aliphatic carbocycles. The Morgan fingerprint density at radius 2 is 2.36 bits per heavy atom. The second kappa shape index (κ2) is 3.09. The van der Waals surface area contributed by atoms with E-state index in [2.05, 4.69) is 10.4 Å². The van der Waals surface area contributed by atoms with Crippen LogP contribution < -0.4 is 0 Å². The van der Waals surface area contributed by atoms with Gasteiger partial charge < -0.3 is 10.0 Å². The Bertz CT molecular complexity index is 233. The first-order chi connectivity index (χ1) is 5.33. The third kappa shape index (κ3) is 1.52. The highest BCUT2D eigenvalue weighted by atomic mass is 16.5. The van der Waals surface area contributed by atoms with Gasteiger partial charge in [-0.05, 0) is 6.08 Å². The predicted molar refractivity (Wildman–Crippen MR) is 38.3 cm³/mol. The van der Waals surface area contributed by atoms with E-state index in [1.165, 1.54) is 0 Å². The average molecular weight is 152 g/mol. The largest absolute Gasteiger partial charge is 0.395 e. The molecular formula is C7H8N2O2. The lowest BCUT2D eigenvalue weighted by Gasteiger charge is -2.16. The number of allylic oxidation sites excluding steroid dienone is 2. The van der Waals surface area contributed by atoms with Crippen LogP contribution in [0.15, 0.2) is 34.7 Å². The summed E-state index contributed by atoms with van der Waals surface area (Å²) in [7, 11) is 0. The van der Waals surface area contributed by atoms with E-state index in [4.69, 9.17) is 5.21 Å². The third-order valence-electron chi connectivity index (χ3n) is 1.51. The topological polar surface area (TPSA) is 62.0 Å². The van der Waals surface area contributed by atoms with Crippen LogP contribution >= 0.6 is 0 Å². The van der Waals surface area contributed by atoms with Gasteiger partial charge in [-0.3, -0.25) is 0 Å². The molecule has 0 heterocycles. The monoisotopic (exact) mass is 152 g/mol. The molecule has 0 aromatic rings. The Morgan fingerprint density at radius 1 is 1.55 bits per heavy atom. The summed E-state index contributed by atoms with van der Waals surface area (Å²) < 4.78 is 0. The second-order valence-corrected chi connectivity index (χ2v) is 2.29. The lowest BCUT2D eigenvalue weighted by Crippen LogP contribution is -2.25. The normalized spacial score (nSPS) is 29.5. The van der Waals surface area contributed by atoms with Crippen molar-refractivity contribution in [1.29, 1.82) is 0 Å². The van der Waals surface area contributed by atoms with Crippen molar-refractivity contribution in [3.05, 3.63) is 24.3 Å². The minimum Gasteiger partial charge on any atom is -0.395 e. The second-order valence-electron chi connectivity index (χ2n) is 2.29. The van der Waals surface area contributed by atoms with Gasteiger partial charge in [0.2, 0.25) is 0 Å². The highest BCUT2D eigenvalue weighted by Crippen LogP contribution is 2.19.